The third kappa shape index (κ3) is 4.07. The summed E-state index contributed by atoms with van der Waals surface area (Å²) >= 11 is 13.2. The molecule has 1 heterocycles. The molecule has 0 saturated carbocycles. The molecule has 5 nitrogen and oxygen atoms in total. The molecule has 1 aromatic carbocycles. The van der Waals surface area contributed by atoms with E-state index in [1.807, 2.05) is 0 Å². The van der Waals surface area contributed by atoms with E-state index >= 15 is 0 Å². The normalized spacial score (nSPS) is 17.3. The molecule has 1 fully saturated rings. The summed E-state index contributed by atoms with van der Waals surface area (Å²) in [4.78, 5) is 25.4. The number of hydrogen-bond acceptors (Lipinski definition) is 4. The zero-order chi connectivity index (χ0) is 16.3. The van der Waals surface area contributed by atoms with Crippen LogP contribution in [-0.4, -0.2) is 51.4 Å². The summed E-state index contributed by atoms with van der Waals surface area (Å²) in [5.41, 5.74) is -1.72. The maximum absolute atomic E-state index is 12.1. The van der Waals surface area contributed by atoms with Crippen LogP contribution in [0.5, 0.6) is 0 Å². The van der Waals surface area contributed by atoms with E-state index < -0.39 is 11.6 Å². The quantitative estimate of drug-likeness (QED) is 0.803. The second kappa shape index (κ2) is 7.08. The molecule has 0 aromatic heterocycles. The number of nitrogens with zero attached hydrogens (tertiary/aromatic N) is 1. The van der Waals surface area contributed by atoms with Crippen LogP contribution in [0.1, 0.15) is 12.8 Å². The van der Waals surface area contributed by atoms with Gasteiger partial charge in [0.25, 0.3) is 0 Å². The summed E-state index contributed by atoms with van der Waals surface area (Å²) in [5, 5.41) is 19.9. The van der Waals surface area contributed by atoms with Crippen LogP contribution in [0.4, 0.5) is 0 Å². The third-order valence-electron chi connectivity index (χ3n) is 3.59. The van der Waals surface area contributed by atoms with Crippen LogP contribution < -0.4 is 0 Å². The molecule has 2 N–H and O–H groups in total. The van der Waals surface area contributed by atoms with Crippen LogP contribution in [-0.2, 0) is 9.59 Å². The Bertz CT molecular complexity index is 588. The molecule has 1 aliphatic heterocycles. The molecular weight excluding hydrogens is 349 g/mol. The number of carboxylic acid groups (broad SMARTS) is 1. The summed E-state index contributed by atoms with van der Waals surface area (Å²) in [6.45, 7) is 0.455. The van der Waals surface area contributed by atoms with Crippen LogP contribution in [0.25, 0.3) is 0 Å². The van der Waals surface area contributed by atoms with Crippen LogP contribution >= 0.6 is 35.0 Å². The van der Waals surface area contributed by atoms with Crippen molar-refractivity contribution in [3.63, 3.8) is 0 Å². The number of aliphatic hydroxyl groups is 1. The topological polar surface area (TPSA) is 77.8 Å². The third-order valence-corrected chi connectivity index (χ3v) is 5.30. The number of thioether (sulfide) groups is 1. The van der Waals surface area contributed by atoms with Gasteiger partial charge in [0.1, 0.15) is 0 Å². The Labute approximate surface area is 142 Å². The molecule has 8 heteroatoms. The maximum atomic E-state index is 12.1. The fourth-order valence-electron chi connectivity index (χ4n) is 2.16. The van der Waals surface area contributed by atoms with Gasteiger partial charge in [0.2, 0.25) is 5.91 Å². The number of piperidine rings is 1. The van der Waals surface area contributed by atoms with E-state index in [0.717, 1.165) is 4.90 Å². The standard InChI is InChI=1S/C14H15Cl2NO4S/c15-9-1-2-10(16)11(7-9)22-8-12(18)17-5-3-14(21,4-6-17)13(19)20/h1-2,7,21H,3-6,8H2,(H,19,20). The monoisotopic (exact) mass is 363 g/mol. The minimum Gasteiger partial charge on any atom is -0.479 e. The van der Waals surface area contributed by atoms with Crippen LogP contribution in [0.15, 0.2) is 23.1 Å². The summed E-state index contributed by atoms with van der Waals surface area (Å²) < 4.78 is 0. The Morgan fingerprint density at radius 3 is 2.50 bits per heavy atom. The number of hydrogen-bond donors (Lipinski definition) is 2. The molecule has 1 saturated heterocycles. The van der Waals surface area contributed by atoms with Crippen LogP contribution in [0.2, 0.25) is 10.0 Å². The Hall–Kier alpha value is -0.950. The molecule has 0 unspecified atom stereocenters. The van der Waals surface area contributed by atoms with Gasteiger partial charge in [0.15, 0.2) is 5.60 Å². The lowest BCUT2D eigenvalue weighted by Crippen LogP contribution is -2.51. The zero-order valence-electron chi connectivity index (χ0n) is 11.6. The van der Waals surface area contributed by atoms with E-state index in [9.17, 15) is 14.7 Å². The zero-order valence-corrected chi connectivity index (χ0v) is 13.9. The SMILES string of the molecule is O=C(CSc1cc(Cl)ccc1Cl)N1CCC(O)(C(=O)O)CC1. The molecule has 0 bridgehead atoms. The van der Waals surface area contributed by atoms with E-state index in [4.69, 9.17) is 28.3 Å². The molecule has 0 spiro atoms. The van der Waals surface area contributed by atoms with Gasteiger partial charge in [-0.15, -0.1) is 11.8 Å². The number of amides is 1. The molecule has 22 heavy (non-hydrogen) atoms. The molecule has 0 radical (unpaired) electrons. The van der Waals surface area contributed by atoms with Crippen molar-refractivity contribution in [1.29, 1.82) is 0 Å². The largest absolute Gasteiger partial charge is 0.479 e. The average Bonchev–Trinajstić information content (AvgIpc) is 2.48. The van der Waals surface area contributed by atoms with Crippen molar-refractivity contribution in [2.45, 2.75) is 23.3 Å². The van der Waals surface area contributed by atoms with E-state index in [1.165, 1.54) is 11.8 Å². The number of carboxylic acids is 1. The van der Waals surface area contributed by atoms with Crippen molar-refractivity contribution in [2.24, 2.45) is 0 Å². The molecule has 2 rings (SSSR count). The van der Waals surface area contributed by atoms with Gasteiger partial charge in [-0.05, 0) is 18.2 Å². The fraction of sp³-hybridized carbons (Fsp3) is 0.429. The maximum Gasteiger partial charge on any atom is 0.335 e. The lowest BCUT2D eigenvalue weighted by atomic mass is 9.92. The minimum atomic E-state index is -1.72. The number of rotatable bonds is 4. The van der Waals surface area contributed by atoms with Gasteiger partial charge in [-0.3, -0.25) is 4.79 Å². The van der Waals surface area contributed by atoms with Gasteiger partial charge in [0.05, 0.1) is 10.8 Å². The number of benzene rings is 1. The fourth-order valence-corrected chi connectivity index (χ4v) is 3.55. The van der Waals surface area contributed by atoms with Crippen molar-refractivity contribution < 1.29 is 19.8 Å². The number of carbonyl (C=O) groups is 2. The van der Waals surface area contributed by atoms with Gasteiger partial charge in [-0.2, -0.15) is 0 Å². The van der Waals surface area contributed by atoms with Crippen LogP contribution in [0.3, 0.4) is 0 Å². The van der Waals surface area contributed by atoms with E-state index in [0.29, 0.717) is 10.0 Å². The van der Waals surface area contributed by atoms with Crippen molar-refractivity contribution in [3.8, 4) is 0 Å². The average molecular weight is 364 g/mol. The molecule has 0 atom stereocenters. The molecule has 1 amide bonds. The summed E-state index contributed by atoms with van der Waals surface area (Å²) in [7, 11) is 0. The first kappa shape index (κ1) is 17.4. The van der Waals surface area contributed by atoms with Gasteiger partial charge in [0, 0.05) is 35.8 Å². The van der Waals surface area contributed by atoms with Gasteiger partial charge in [-0.25, -0.2) is 4.79 Å². The molecule has 1 aliphatic rings. The smallest absolute Gasteiger partial charge is 0.335 e. The number of halogens is 2. The first-order valence-corrected chi connectivity index (χ1v) is 8.37. The molecule has 1 aromatic rings. The van der Waals surface area contributed by atoms with E-state index in [1.54, 1.807) is 23.1 Å². The van der Waals surface area contributed by atoms with Crippen molar-refractivity contribution in [3.05, 3.63) is 28.2 Å². The predicted molar refractivity (Wildman–Crippen MR) is 85.6 cm³/mol. The number of likely N-dealkylation sites (tertiary alicyclic amines) is 1. The van der Waals surface area contributed by atoms with Crippen molar-refractivity contribution in [1.82, 2.24) is 4.90 Å². The summed E-state index contributed by atoms with van der Waals surface area (Å²) in [6, 6.07) is 5.04. The Kier molecular flexibility index (Phi) is 5.60. The highest BCUT2D eigenvalue weighted by molar-refractivity contribution is 8.00. The minimum absolute atomic E-state index is 0.0384. The summed E-state index contributed by atoms with van der Waals surface area (Å²) in [6.07, 6.45) is 0.0767. The van der Waals surface area contributed by atoms with Crippen molar-refractivity contribution in [2.75, 3.05) is 18.8 Å². The molecule has 120 valence electrons. The second-order valence-corrected chi connectivity index (χ2v) is 6.94. The first-order chi connectivity index (χ1) is 10.3. The van der Waals surface area contributed by atoms with Gasteiger partial charge >= 0.3 is 5.97 Å². The Morgan fingerprint density at radius 1 is 1.27 bits per heavy atom. The van der Waals surface area contributed by atoms with Crippen molar-refractivity contribution >= 4 is 46.8 Å². The predicted octanol–water partition coefficient (Wildman–Crippen LogP) is 2.52. The molecule has 0 aliphatic carbocycles. The Morgan fingerprint density at radius 2 is 1.91 bits per heavy atom. The highest BCUT2D eigenvalue weighted by atomic mass is 35.5. The summed E-state index contributed by atoms with van der Waals surface area (Å²) in [5.74, 6) is -1.17. The highest BCUT2D eigenvalue weighted by Crippen LogP contribution is 2.30. The molecular formula is C14H15Cl2NO4S. The Balaban J connectivity index is 1.89. The number of carbonyl (C=O) groups excluding carboxylic acids is 1. The second-order valence-electron chi connectivity index (χ2n) is 5.08. The first-order valence-electron chi connectivity index (χ1n) is 6.63. The van der Waals surface area contributed by atoms with Gasteiger partial charge in [-0.1, -0.05) is 23.2 Å². The van der Waals surface area contributed by atoms with E-state index in [2.05, 4.69) is 0 Å². The van der Waals surface area contributed by atoms with Gasteiger partial charge < -0.3 is 15.1 Å². The number of aliphatic carboxylic acids is 1. The van der Waals surface area contributed by atoms with E-state index in [-0.39, 0.29) is 37.6 Å². The highest BCUT2D eigenvalue weighted by Gasteiger charge is 2.40. The van der Waals surface area contributed by atoms with Crippen LogP contribution in [0, 0.1) is 0 Å². The lowest BCUT2D eigenvalue weighted by Gasteiger charge is -2.35. The lowest BCUT2D eigenvalue weighted by molar-refractivity contribution is -0.165.